The summed E-state index contributed by atoms with van der Waals surface area (Å²) in [5, 5.41) is 13.7. The summed E-state index contributed by atoms with van der Waals surface area (Å²) < 4.78 is 0. The third-order valence-electron chi connectivity index (χ3n) is 5.07. The predicted molar refractivity (Wildman–Crippen MR) is 96.1 cm³/mol. The monoisotopic (exact) mass is 312 g/mol. The van der Waals surface area contributed by atoms with Crippen molar-refractivity contribution in [3.8, 4) is 0 Å². The van der Waals surface area contributed by atoms with Crippen molar-refractivity contribution in [3.63, 3.8) is 0 Å². The zero-order valence-corrected chi connectivity index (χ0v) is 15.2. The zero-order chi connectivity index (χ0) is 16.0. The summed E-state index contributed by atoms with van der Waals surface area (Å²) in [4.78, 5) is 2.24. The Kier molecular flexibility index (Phi) is 12.1. The molecule has 2 N–H and O–H groups in total. The van der Waals surface area contributed by atoms with Crippen molar-refractivity contribution in [2.75, 3.05) is 26.2 Å². The molecular formula is C19H40N2O. The number of rotatable bonds is 13. The average Bonchev–Trinajstić information content (AvgIpc) is 2.56. The molecule has 0 saturated carbocycles. The Morgan fingerprint density at radius 3 is 2.18 bits per heavy atom. The second-order valence-electron chi connectivity index (χ2n) is 7.06. The third-order valence-corrected chi connectivity index (χ3v) is 5.07. The fourth-order valence-corrected chi connectivity index (χ4v) is 3.60. The summed E-state index contributed by atoms with van der Waals surface area (Å²) in [6.45, 7) is 8.61. The topological polar surface area (TPSA) is 35.5 Å². The standard InChI is InChI=1S/C19H40N2O/c1-3-5-6-7-8-9-11-18(10-4-2)12-13-19(22)21-16-14-20-15-17-21/h18-20,22H,3-17H2,1-2H3. The first-order valence-corrected chi connectivity index (χ1v) is 9.90. The normalized spacial score (nSPS) is 19.2. The lowest BCUT2D eigenvalue weighted by atomic mass is 9.91. The van der Waals surface area contributed by atoms with Crippen molar-refractivity contribution in [2.45, 2.75) is 90.7 Å². The number of nitrogens with zero attached hydrogens (tertiary/aromatic N) is 1. The highest BCUT2D eigenvalue weighted by atomic mass is 16.3. The molecule has 1 aliphatic heterocycles. The lowest BCUT2D eigenvalue weighted by Crippen LogP contribution is -2.48. The van der Waals surface area contributed by atoms with Gasteiger partial charge in [0.25, 0.3) is 0 Å². The summed E-state index contributed by atoms with van der Waals surface area (Å²) in [6, 6.07) is 0. The van der Waals surface area contributed by atoms with Crippen LogP contribution in [0.15, 0.2) is 0 Å². The third kappa shape index (κ3) is 9.12. The highest BCUT2D eigenvalue weighted by Crippen LogP contribution is 2.23. The van der Waals surface area contributed by atoms with Gasteiger partial charge in [-0.3, -0.25) is 4.90 Å². The van der Waals surface area contributed by atoms with Crippen LogP contribution in [0.5, 0.6) is 0 Å². The first kappa shape index (κ1) is 19.9. The minimum Gasteiger partial charge on any atom is -0.378 e. The molecule has 0 aromatic rings. The highest BCUT2D eigenvalue weighted by molar-refractivity contribution is 4.71. The quantitative estimate of drug-likeness (QED) is 0.501. The molecule has 1 saturated heterocycles. The van der Waals surface area contributed by atoms with Gasteiger partial charge in [0.1, 0.15) is 6.23 Å². The summed E-state index contributed by atoms with van der Waals surface area (Å²) in [7, 11) is 0. The van der Waals surface area contributed by atoms with Gasteiger partial charge in [-0.1, -0.05) is 71.6 Å². The van der Waals surface area contributed by atoms with E-state index >= 15 is 0 Å². The molecule has 1 heterocycles. The number of aliphatic hydroxyl groups is 1. The van der Waals surface area contributed by atoms with E-state index in [1.165, 1.54) is 64.2 Å². The van der Waals surface area contributed by atoms with Crippen LogP contribution in [0.3, 0.4) is 0 Å². The van der Waals surface area contributed by atoms with Crippen LogP contribution in [0.1, 0.15) is 84.5 Å². The van der Waals surface area contributed by atoms with E-state index in [0.717, 1.165) is 38.5 Å². The number of piperazine rings is 1. The molecule has 0 aromatic heterocycles. The van der Waals surface area contributed by atoms with Crippen LogP contribution in [-0.2, 0) is 0 Å². The van der Waals surface area contributed by atoms with Gasteiger partial charge in [-0.15, -0.1) is 0 Å². The molecule has 2 unspecified atom stereocenters. The molecule has 0 aliphatic carbocycles. The fourth-order valence-electron chi connectivity index (χ4n) is 3.60. The molecule has 132 valence electrons. The molecule has 0 radical (unpaired) electrons. The number of hydrogen-bond acceptors (Lipinski definition) is 3. The number of nitrogens with one attached hydrogen (secondary N) is 1. The van der Waals surface area contributed by atoms with Crippen molar-refractivity contribution in [1.82, 2.24) is 10.2 Å². The van der Waals surface area contributed by atoms with Crippen LogP contribution in [0.25, 0.3) is 0 Å². The molecule has 0 bridgehead atoms. The zero-order valence-electron chi connectivity index (χ0n) is 15.2. The van der Waals surface area contributed by atoms with E-state index < -0.39 is 0 Å². The maximum absolute atomic E-state index is 10.4. The highest BCUT2D eigenvalue weighted by Gasteiger charge is 2.19. The Morgan fingerprint density at radius 2 is 1.50 bits per heavy atom. The van der Waals surface area contributed by atoms with Crippen LogP contribution >= 0.6 is 0 Å². The Balaban J connectivity index is 2.13. The molecule has 3 heteroatoms. The molecule has 22 heavy (non-hydrogen) atoms. The maximum atomic E-state index is 10.4. The Bertz CT molecular complexity index is 242. The lowest BCUT2D eigenvalue weighted by Gasteiger charge is -2.32. The predicted octanol–water partition coefficient (Wildman–Crippen LogP) is 4.16. The van der Waals surface area contributed by atoms with Gasteiger partial charge in [-0.25, -0.2) is 0 Å². The Hall–Kier alpha value is -0.120. The summed E-state index contributed by atoms with van der Waals surface area (Å²) in [6.07, 6.45) is 14.3. The molecule has 0 spiro atoms. The second kappa shape index (κ2) is 13.3. The van der Waals surface area contributed by atoms with E-state index in [1.807, 2.05) is 0 Å². The van der Waals surface area contributed by atoms with Gasteiger partial charge in [0, 0.05) is 26.2 Å². The van der Waals surface area contributed by atoms with Crippen LogP contribution in [0, 0.1) is 5.92 Å². The van der Waals surface area contributed by atoms with E-state index in [-0.39, 0.29) is 6.23 Å². The summed E-state index contributed by atoms with van der Waals surface area (Å²) in [5.74, 6) is 0.828. The van der Waals surface area contributed by atoms with Gasteiger partial charge >= 0.3 is 0 Å². The minimum absolute atomic E-state index is 0.217. The molecule has 3 nitrogen and oxygen atoms in total. The van der Waals surface area contributed by atoms with Gasteiger partial charge in [-0.2, -0.15) is 0 Å². The molecule has 2 atom stereocenters. The van der Waals surface area contributed by atoms with Crippen molar-refractivity contribution in [1.29, 1.82) is 0 Å². The Labute approximate surface area is 138 Å². The first-order valence-electron chi connectivity index (χ1n) is 9.90. The van der Waals surface area contributed by atoms with Gasteiger partial charge < -0.3 is 10.4 Å². The molecule has 1 aliphatic rings. The van der Waals surface area contributed by atoms with Crippen molar-refractivity contribution < 1.29 is 5.11 Å². The molecule has 1 fully saturated rings. The van der Waals surface area contributed by atoms with Gasteiger partial charge in [0.2, 0.25) is 0 Å². The Morgan fingerprint density at radius 1 is 0.818 bits per heavy atom. The number of unbranched alkanes of at least 4 members (excludes halogenated alkanes) is 5. The second-order valence-corrected chi connectivity index (χ2v) is 7.06. The SMILES string of the molecule is CCCCCCCCC(CCC)CCC(O)N1CCNCC1. The van der Waals surface area contributed by atoms with Gasteiger partial charge in [0.15, 0.2) is 0 Å². The van der Waals surface area contributed by atoms with Crippen LogP contribution in [-0.4, -0.2) is 42.4 Å². The van der Waals surface area contributed by atoms with Crippen molar-refractivity contribution >= 4 is 0 Å². The fraction of sp³-hybridized carbons (Fsp3) is 1.00. The van der Waals surface area contributed by atoms with E-state index in [4.69, 9.17) is 0 Å². The van der Waals surface area contributed by atoms with Gasteiger partial charge in [0.05, 0.1) is 0 Å². The molecule has 0 amide bonds. The van der Waals surface area contributed by atoms with Crippen molar-refractivity contribution in [2.24, 2.45) is 5.92 Å². The largest absolute Gasteiger partial charge is 0.378 e. The van der Waals surface area contributed by atoms with Crippen molar-refractivity contribution in [3.05, 3.63) is 0 Å². The number of hydrogen-bond donors (Lipinski definition) is 2. The summed E-state index contributed by atoms with van der Waals surface area (Å²) >= 11 is 0. The van der Waals surface area contributed by atoms with E-state index in [0.29, 0.717) is 0 Å². The van der Waals surface area contributed by atoms with Gasteiger partial charge in [-0.05, 0) is 18.8 Å². The average molecular weight is 313 g/mol. The molecular weight excluding hydrogens is 272 g/mol. The van der Waals surface area contributed by atoms with E-state index in [2.05, 4.69) is 24.1 Å². The van der Waals surface area contributed by atoms with Crippen LogP contribution < -0.4 is 5.32 Å². The molecule has 0 aromatic carbocycles. The minimum atomic E-state index is -0.217. The first-order chi connectivity index (χ1) is 10.8. The smallest absolute Gasteiger partial charge is 0.107 e. The van der Waals surface area contributed by atoms with E-state index in [1.54, 1.807) is 0 Å². The van der Waals surface area contributed by atoms with Crippen LogP contribution in [0.2, 0.25) is 0 Å². The van der Waals surface area contributed by atoms with Crippen LogP contribution in [0.4, 0.5) is 0 Å². The lowest BCUT2D eigenvalue weighted by molar-refractivity contribution is -0.0136. The number of aliphatic hydroxyl groups excluding tert-OH is 1. The summed E-state index contributed by atoms with van der Waals surface area (Å²) in [5.41, 5.74) is 0. The maximum Gasteiger partial charge on any atom is 0.107 e. The van der Waals surface area contributed by atoms with E-state index in [9.17, 15) is 5.11 Å². The molecule has 1 rings (SSSR count).